The zero-order valence-electron chi connectivity index (χ0n) is 15.5. The first-order valence-electron chi connectivity index (χ1n) is 8.16. The van der Waals surface area contributed by atoms with Gasteiger partial charge in [-0.3, -0.25) is 4.79 Å². The fourth-order valence-electron chi connectivity index (χ4n) is 2.37. The van der Waals surface area contributed by atoms with E-state index in [4.69, 9.17) is 14.0 Å². The molecule has 2 rings (SSSR count). The molecule has 1 fully saturated rings. The van der Waals surface area contributed by atoms with Gasteiger partial charge in [-0.25, -0.2) is 4.39 Å². The maximum atomic E-state index is 14.4. The first-order chi connectivity index (χ1) is 10.8. The summed E-state index contributed by atoms with van der Waals surface area (Å²) in [5.74, 6) is -0.919. The number of halogens is 1. The largest absolute Gasteiger partial charge is 0.494 e. The van der Waals surface area contributed by atoms with E-state index in [2.05, 4.69) is 0 Å². The molecule has 6 heteroatoms. The van der Waals surface area contributed by atoms with Gasteiger partial charge in [0.2, 0.25) is 0 Å². The van der Waals surface area contributed by atoms with E-state index in [-0.39, 0.29) is 6.42 Å². The summed E-state index contributed by atoms with van der Waals surface area (Å²) in [5.41, 5.74) is -0.660. The highest BCUT2D eigenvalue weighted by atomic mass is 19.1. The number of ether oxygens (including phenoxy) is 1. The van der Waals surface area contributed by atoms with Gasteiger partial charge in [0.25, 0.3) is 0 Å². The van der Waals surface area contributed by atoms with Crippen LogP contribution in [0.1, 0.15) is 54.0 Å². The Bertz CT molecular complexity index is 618. The zero-order chi connectivity index (χ0) is 18.3. The van der Waals surface area contributed by atoms with Crippen LogP contribution in [0.2, 0.25) is 0 Å². The average Bonchev–Trinajstić information content (AvgIpc) is 2.58. The second-order valence-electron chi connectivity index (χ2n) is 8.20. The molecule has 1 heterocycles. The van der Waals surface area contributed by atoms with Crippen LogP contribution in [-0.4, -0.2) is 29.9 Å². The van der Waals surface area contributed by atoms with Crippen LogP contribution in [0.5, 0.6) is 0 Å². The molecule has 0 aromatic heterocycles. The lowest BCUT2D eigenvalue weighted by atomic mass is 9.78. The summed E-state index contributed by atoms with van der Waals surface area (Å²) in [6, 6.07) is 4.67. The third kappa shape index (κ3) is 4.17. The molecule has 0 saturated carbocycles. The molecule has 0 amide bonds. The van der Waals surface area contributed by atoms with Crippen LogP contribution < -0.4 is 5.46 Å². The zero-order valence-corrected chi connectivity index (χ0v) is 15.5. The van der Waals surface area contributed by atoms with Crippen molar-refractivity contribution in [3.63, 3.8) is 0 Å². The number of hydrogen-bond donors (Lipinski definition) is 0. The van der Waals surface area contributed by atoms with E-state index in [0.29, 0.717) is 11.0 Å². The van der Waals surface area contributed by atoms with E-state index < -0.39 is 35.7 Å². The molecule has 0 spiro atoms. The molecule has 0 N–H and O–H groups in total. The molecule has 1 aliphatic heterocycles. The van der Waals surface area contributed by atoms with Crippen molar-refractivity contribution >= 4 is 18.6 Å². The van der Waals surface area contributed by atoms with Crippen LogP contribution in [0.25, 0.3) is 0 Å². The lowest BCUT2D eigenvalue weighted by molar-refractivity contribution is -0.153. The summed E-state index contributed by atoms with van der Waals surface area (Å²) < 4.78 is 31.4. The van der Waals surface area contributed by atoms with E-state index >= 15 is 0 Å². The van der Waals surface area contributed by atoms with Crippen LogP contribution >= 0.6 is 0 Å². The quantitative estimate of drug-likeness (QED) is 0.629. The van der Waals surface area contributed by atoms with E-state index in [9.17, 15) is 9.18 Å². The van der Waals surface area contributed by atoms with Gasteiger partial charge < -0.3 is 14.0 Å². The Kier molecular flexibility index (Phi) is 4.86. The van der Waals surface area contributed by atoms with Gasteiger partial charge in [-0.1, -0.05) is 12.1 Å². The molecule has 0 unspecified atom stereocenters. The number of benzene rings is 1. The maximum absolute atomic E-state index is 14.4. The molecule has 1 aliphatic rings. The molecular formula is C18H26BFO4. The van der Waals surface area contributed by atoms with Gasteiger partial charge in [-0.2, -0.15) is 0 Å². The van der Waals surface area contributed by atoms with E-state index in [1.807, 2.05) is 27.7 Å². The van der Waals surface area contributed by atoms with Crippen molar-refractivity contribution in [3.8, 4) is 0 Å². The number of rotatable bonds is 3. The van der Waals surface area contributed by atoms with Gasteiger partial charge in [-0.15, -0.1) is 0 Å². The minimum Gasteiger partial charge on any atom is -0.460 e. The predicted molar refractivity (Wildman–Crippen MR) is 91.7 cm³/mol. The van der Waals surface area contributed by atoms with Gasteiger partial charge in [0.15, 0.2) is 0 Å². The van der Waals surface area contributed by atoms with Gasteiger partial charge in [0.05, 0.1) is 17.6 Å². The Hall–Kier alpha value is -1.40. The fraction of sp³-hybridized carbons (Fsp3) is 0.611. The second-order valence-corrected chi connectivity index (χ2v) is 8.20. The van der Waals surface area contributed by atoms with Gasteiger partial charge in [0, 0.05) is 0 Å². The normalized spacial score (nSPS) is 19.4. The SMILES string of the molecule is CC(C)(C)OC(=O)Cc1ccc(B2OC(C)(C)C(C)(C)O2)cc1F. The number of hydrogen-bond acceptors (Lipinski definition) is 4. The Morgan fingerprint density at radius 1 is 1.17 bits per heavy atom. The van der Waals surface area contributed by atoms with Crippen LogP contribution in [0.15, 0.2) is 18.2 Å². The third-order valence-corrected chi connectivity index (χ3v) is 4.36. The lowest BCUT2D eigenvalue weighted by Gasteiger charge is -2.32. The monoisotopic (exact) mass is 336 g/mol. The second kappa shape index (κ2) is 6.15. The topological polar surface area (TPSA) is 44.8 Å². The highest BCUT2D eigenvalue weighted by Gasteiger charge is 2.51. The van der Waals surface area contributed by atoms with Crippen molar-refractivity contribution in [2.24, 2.45) is 0 Å². The average molecular weight is 336 g/mol. The van der Waals surface area contributed by atoms with Gasteiger partial charge in [-0.05, 0) is 65.6 Å². The summed E-state index contributed by atoms with van der Waals surface area (Å²) >= 11 is 0. The van der Waals surface area contributed by atoms with Crippen molar-refractivity contribution in [1.29, 1.82) is 0 Å². The Labute approximate surface area is 143 Å². The van der Waals surface area contributed by atoms with Crippen LogP contribution in [0.3, 0.4) is 0 Å². The van der Waals surface area contributed by atoms with Crippen LogP contribution in [0, 0.1) is 5.82 Å². The van der Waals surface area contributed by atoms with Gasteiger partial charge in [0.1, 0.15) is 11.4 Å². The van der Waals surface area contributed by atoms with E-state index in [1.165, 1.54) is 6.07 Å². The minimum atomic E-state index is -0.625. The Balaban J connectivity index is 2.12. The standard InChI is InChI=1S/C18H26BFO4/c1-16(2,3)22-15(21)10-12-8-9-13(11-14(12)20)19-23-17(4,5)18(6,7)24-19/h8-9,11H,10H2,1-7H3. The Morgan fingerprint density at radius 3 is 2.17 bits per heavy atom. The van der Waals surface area contributed by atoms with E-state index in [1.54, 1.807) is 32.9 Å². The molecule has 1 saturated heterocycles. The van der Waals surface area contributed by atoms with Crippen molar-refractivity contribution in [3.05, 3.63) is 29.6 Å². The molecule has 4 nitrogen and oxygen atoms in total. The van der Waals surface area contributed by atoms with E-state index in [0.717, 1.165) is 0 Å². The lowest BCUT2D eigenvalue weighted by Crippen LogP contribution is -2.41. The first-order valence-corrected chi connectivity index (χ1v) is 8.16. The molecule has 0 radical (unpaired) electrons. The summed E-state index contributed by atoms with van der Waals surface area (Å²) in [5, 5.41) is 0. The van der Waals surface area contributed by atoms with Crippen molar-refractivity contribution in [1.82, 2.24) is 0 Å². The summed E-state index contributed by atoms with van der Waals surface area (Å²) in [6.45, 7) is 13.1. The summed E-state index contributed by atoms with van der Waals surface area (Å²) in [6.07, 6.45) is -0.104. The molecule has 0 atom stereocenters. The Morgan fingerprint density at radius 2 is 1.71 bits per heavy atom. The molecule has 24 heavy (non-hydrogen) atoms. The van der Waals surface area contributed by atoms with Gasteiger partial charge >= 0.3 is 13.1 Å². The van der Waals surface area contributed by atoms with Crippen LogP contribution in [-0.2, 0) is 25.3 Å². The summed E-state index contributed by atoms with van der Waals surface area (Å²) in [7, 11) is -0.625. The molecular weight excluding hydrogens is 310 g/mol. The molecule has 0 bridgehead atoms. The fourth-order valence-corrected chi connectivity index (χ4v) is 2.37. The molecule has 132 valence electrons. The van der Waals surface area contributed by atoms with Crippen molar-refractivity contribution < 1.29 is 23.2 Å². The number of esters is 1. The van der Waals surface area contributed by atoms with Crippen LogP contribution in [0.4, 0.5) is 4.39 Å². The number of carbonyl (C=O) groups is 1. The molecule has 1 aromatic carbocycles. The molecule has 0 aliphatic carbocycles. The van der Waals surface area contributed by atoms with Crippen molar-refractivity contribution in [2.45, 2.75) is 71.7 Å². The highest BCUT2D eigenvalue weighted by molar-refractivity contribution is 6.62. The third-order valence-electron chi connectivity index (χ3n) is 4.36. The smallest absolute Gasteiger partial charge is 0.460 e. The maximum Gasteiger partial charge on any atom is 0.494 e. The van der Waals surface area contributed by atoms with Crippen molar-refractivity contribution in [2.75, 3.05) is 0 Å². The highest BCUT2D eigenvalue weighted by Crippen LogP contribution is 2.36. The summed E-state index contributed by atoms with van der Waals surface area (Å²) in [4.78, 5) is 11.9. The predicted octanol–water partition coefficient (Wildman–Crippen LogP) is 3.01. The molecule has 1 aromatic rings. The minimum absolute atomic E-state index is 0.104. The first kappa shape index (κ1) is 18.9. The number of carbonyl (C=O) groups excluding carboxylic acids is 1.